The lowest BCUT2D eigenvalue weighted by atomic mass is 9.92. The predicted octanol–water partition coefficient (Wildman–Crippen LogP) is 2.54. The van der Waals surface area contributed by atoms with Crippen molar-refractivity contribution in [2.75, 3.05) is 0 Å². The summed E-state index contributed by atoms with van der Waals surface area (Å²) in [6.07, 6.45) is 1.78. The van der Waals surface area contributed by atoms with Crippen LogP contribution in [0.3, 0.4) is 0 Å². The molecule has 1 aliphatic heterocycles. The van der Waals surface area contributed by atoms with Gasteiger partial charge in [-0.3, -0.25) is 20.3 Å². The van der Waals surface area contributed by atoms with Gasteiger partial charge in [-0.05, 0) is 36.9 Å². The van der Waals surface area contributed by atoms with Crippen molar-refractivity contribution in [1.29, 1.82) is 0 Å². The van der Waals surface area contributed by atoms with Crippen molar-refractivity contribution in [3.05, 3.63) is 57.6 Å². The molecule has 0 radical (unpaired) electrons. The van der Waals surface area contributed by atoms with Gasteiger partial charge in [0.1, 0.15) is 0 Å². The Kier molecular flexibility index (Phi) is 3.18. The first-order valence-corrected chi connectivity index (χ1v) is 6.86. The van der Waals surface area contributed by atoms with Crippen LogP contribution in [0.5, 0.6) is 0 Å². The maximum absolute atomic E-state index is 12.0. The molecule has 2 aromatic rings. The molecule has 2 N–H and O–H groups in total. The number of non-ortho nitro benzene ring substituents is 1. The van der Waals surface area contributed by atoms with Gasteiger partial charge in [0.25, 0.3) is 11.6 Å². The quantitative estimate of drug-likeness (QED) is 0.507. The van der Waals surface area contributed by atoms with Gasteiger partial charge < -0.3 is 0 Å². The summed E-state index contributed by atoms with van der Waals surface area (Å²) in [6, 6.07) is 10.3. The Bertz CT molecular complexity index is 824. The molecule has 0 unspecified atom stereocenters. The van der Waals surface area contributed by atoms with E-state index in [1.807, 2.05) is 26.0 Å². The van der Waals surface area contributed by atoms with E-state index in [9.17, 15) is 14.9 Å². The van der Waals surface area contributed by atoms with Crippen LogP contribution in [0.4, 0.5) is 5.69 Å². The van der Waals surface area contributed by atoms with Crippen LogP contribution in [0, 0.1) is 10.1 Å². The second kappa shape index (κ2) is 4.92. The summed E-state index contributed by atoms with van der Waals surface area (Å²) in [6.45, 7) is 3.79. The van der Waals surface area contributed by atoms with Gasteiger partial charge >= 0.3 is 0 Å². The second-order valence-corrected chi connectivity index (χ2v) is 5.74. The Labute approximate surface area is 126 Å². The highest BCUT2D eigenvalue weighted by Crippen LogP contribution is 2.30. The Morgan fingerprint density at radius 2 is 1.82 bits per heavy atom. The van der Waals surface area contributed by atoms with Crippen molar-refractivity contribution in [1.82, 2.24) is 10.9 Å². The third-order valence-electron chi connectivity index (χ3n) is 3.84. The van der Waals surface area contributed by atoms with Crippen molar-refractivity contribution < 1.29 is 9.72 Å². The summed E-state index contributed by atoms with van der Waals surface area (Å²) in [5.74, 6) is -0.188. The molecule has 6 nitrogen and oxygen atoms in total. The van der Waals surface area contributed by atoms with Crippen LogP contribution < -0.4 is 10.9 Å². The lowest BCUT2D eigenvalue weighted by molar-refractivity contribution is -0.383. The van der Waals surface area contributed by atoms with E-state index in [1.165, 1.54) is 6.07 Å². The van der Waals surface area contributed by atoms with Crippen molar-refractivity contribution in [3.63, 3.8) is 0 Å². The van der Waals surface area contributed by atoms with Gasteiger partial charge in [-0.2, -0.15) is 0 Å². The lowest BCUT2D eigenvalue weighted by Crippen LogP contribution is -2.38. The number of benzene rings is 2. The number of carbonyl (C=O) groups excluding carboxylic acids is 1. The molecule has 0 saturated carbocycles. The normalized spacial score (nSPS) is 18.6. The monoisotopic (exact) mass is 297 g/mol. The Balaban J connectivity index is 2.23. The highest BCUT2D eigenvalue weighted by molar-refractivity contribution is 6.05. The summed E-state index contributed by atoms with van der Waals surface area (Å²) in [4.78, 5) is 22.7. The number of rotatable bonds is 2. The standard InChI is InChI=1S/C16H15N3O3/c1-16(2)13(15(20)17-18-16)9-10-5-3-7-12-11(10)6-4-8-14(12)19(21)22/h3-9,18H,1-2H3,(H,17,20)/b13-9+. The molecule has 0 aromatic heterocycles. The van der Waals surface area contributed by atoms with E-state index in [4.69, 9.17) is 0 Å². The summed E-state index contributed by atoms with van der Waals surface area (Å²) < 4.78 is 0. The van der Waals surface area contributed by atoms with Gasteiger partial charge in [0.05, 0.1) is 15.8 Å². The van der Waals surface area contributed by atoms with Gasteiger partial charge in [-0.15, -0.1) is 0 Å². The van der Waals surface area contributed by atoms with Crippen molar-refractivity contribution in [2.45, 2.75) is 19.4 Å². The van der Waals surface area contributed by atoms with E-state index >= 15 is 0 Å². The molecule has 0 spiro atoms. The molecule has 0 aliphatic carbocycles. The van der Waals surface area contributed by atoms with Crippen LogP contribution in [0.25, 0.3) is 16.8 Å². The van der Waals surface area contributed by atoms with Gasteiger partial charge in [0.15, 0.2) is 0 Å². The zero-order chi connectivity index (χ0) is 15.9. The number of hydrogen-bond donors (Lipinski definition) is 2. The Hall–Kier alpha value is -2.73. The Morgan fingerprint density at radius 3 is 2.45 bits per heavy atom. The number of nitro groups is 1. The minimum absolute atomic E-state index is 0.0611. The number of amides is 1. The lowest BCUT2D eigenvalue weighted by Gasteiger charge is -2.17. The molecule has 3 rings (SSSR count). The van der Waals surface area contributed by atoms with E-state index in [0.29, 0.717) is 11.0 Å². The van der Waals surface area contributed by atoms with E-state index in [0.717, 1.165) is 10.9 Å². The highest BCUT2D eigenvalue weighted by Gasteiger charge is 2.35. The average Bonchev–Trinajstić information content (AvgIpc) is 2.73. The van der Waals surface area contributed by atoms with Gasteiger partial charge in [0.2, 0.25) is 0 Å². The molecular formula is C16H15N3O3. The number of nitrogens with one attached hydrogen (secondary N) is 2. The zero-order valence-electron chi connectivity index (χ0n) is 12.2. The molecule has 0 bridgehead atoms. The number of hydrazine groups is 1. The summed E-state index contributed by atoms with van der Waals surface area (Å²) in [5, 5.41) is 12.5. The number of nitro benzene ring substituents is 1. The molecular weight excluding hydrogens is 282 g/mol. The third kappa shape index (κ3) is 2.23. The molecule has 2 aromatic carbocycles. The minimum atomic E-state index is -0.500. The fraction of sp³-hybridized carbons (Fsp3) is 0.188. The molecule has 1 amide bonds. The summed E-state index contributed by atoms with van der Waals surface area (Å²) in [7, 11) is 0. The van der Waals surface area contributed by atoms with Gasteiger partial charge in [-0.25, -0.2) is 5.43 Å². The topological polar surface area (TPSA) is 84.3 Å². The SMILES string of the molecule is CC1(C)NNC(=O)/C1=C\c1cccc2c([N+](=O)[O-])cccc12. The number of hydrogen-bond acceptors (Lipinski definition) is 4. The van der Waals surface area contributed by atoms with Crippen LogP contribution in [0.1, 0.15) is 19.4 Å². The van der Waals surface area contributed by atoms with Crippen LogP contribution in [-0.2, 0) is 4.79 Å². The zero-order valence-corrected chi connectivity index (χ0v) is 12.2. The van der Waals surface area contributed by atoms with E-state index in [1.54, 1.807) is 24.3 Å². The first-order valence-electron chi connectivity index (χ1n) is 6.86. The molecule has 1 heterocycles. The Morgan fingerprint density at radius 1 is 1.14 bits per heavy atom. The number of nitrogens with zero attached hydrogens (tertiary/aromatic N) is 1. The molecule has 6 heteroatoms. The maximum Gasteiger partial charge on any atom is 0.277 e. The first kappa shape index (κ1) is 14.2. The fourth-order valence-electron chi connectivity index (χ4n) is 2.64. The molecule has 1 fully saturated rings. The number of fused-ring (bicyclic) bond motifs is 1. The molecule has 22 heavy (non-hydrogen) atoms. The molecule has 1 saturated heterocycles. The van der Waals surface area contributed by atoms with Crippen LogP contribution in [0.15, 0.2) is 42.0 Å². The maximum atomic E-state index is 12.0. The average molecular weight is 297 g/mol. The smallest absolute Gasteiger partial charge is 0.277 e. The molecule has 112 valence electrons. The van der Waals surface area contributed by atoms with Crippen molar-refractivity contribution in [3.8, 4) is 0 Å². The second-order valence-electron chi connectivity index (χ2n) is 5.74. The first-order chi connectivity index (χ1) is 10.4. The number of carbonyl (C=O) groups is 1. The van der Waals surface area contributed by atoms with E-state index in [-0.39, 0.29) is 11.6 Å². The van der Waals surface area contributed by atoms with E-state index < -0.39 is 10.5 Å². The summed E-state index contributed by atoms with van der Waals surface area (Å²) in [5.41, 5.74) is 6.44. The van der Waals surface area contributed by atoms with Crippen LogP contribution in [-0.4, -0.2) is 16.4 Å². The van der Waals surface area contributed by atoms with Gasteiger partial charge in [0, 0.05) is 11.6 Å². The fourth-order valence-corrected chi connectivity index (χ4v) is 2.64. The van der Waals surface area contributed by atoms with Crippen molar-refractivity contribution >= 4 is 28.4 Å². The van der Waals surface area contributed by atoms with E-state index in [2.05, 4.69) is 10.9 Å². The van der Waals surface area contributed by atoms with Crippen LogP contribution in [0.2, 0.25) is 0 Å². The molecule has 1 aliphatic rings. The van der Waals surface area contributed by atoms with Gasteiger partial charge in [-0.1, -0.05) is 24.3 Å². The predicted molar refractivity (Wildman–Crippen MR) is 83.9 cm³/mol. The highest BCUT2D eigenvalue weighted by atomic mass is 16.6. The van der Waals surface area contributed by atoms with Crippen LogP contribution >= 0.6 is 0 Å². The third-order valence-corrected chi connectivity index (χ3v) is 3.84. The van der Waals surface area contributed by atoms with Crippen molar-refractivity contribution in [2.24, 2.45) is 0 Å². The summed E-state index contributed by atoms with van der Waals surface area (Å²) >= 11 is 0. The minimum Gasteiger partial charge on any atom is -0.287 e. The largest absolute Gasteiger partial charge is 0.287 e. The molecule has 0 atom stereocenters.